The van der Waals surface area contributed by atoms with E-state index in [0.717, 1.165) is 53.9 Å². The van der Waals surface area contributed by atoms with Crippen LogP contribution in [0.15, 0.2) is 72.6 Å². The lowest BCUT2D eigenvalue weighted by Crippen LogP contribution is -2.35. The molecule has 1 aromatic heterocycles. The van der Waals surface area contributed by atoms with E-state index in [4.69, 9.17) is 20.2 Å². The first-order valence-electron chi connectivity index (χ1n) is 14.8. The number of hydrogen-bond acceptors (Lipinski definition) is 7. The molecule has 10 heteroatoms. The third kappa shape index (κ3) is 6.56. The number of nitrogens with zero attached hydrogens (tertiary/aromatic N) is 3. The minimum Gasteiger partial charge on any atom is -0.478 e. The van der Waals surface area contributed by atoms with E-state index < -0.39 is 11.8 Å². The molecule has 9 nitrogen and oxygen atoms in total. The highest BCUT2D eigenvalue weighted by Crippen LogP contribution is 2.39. The number of fused-ring (bicyclic) bond motifs is 1. The molecule has 232 valence electrons. The van der Waals surface area contributed by atoms with Crippen molar-refractivity contribution >= 4 is 17.0 Å². The Morgan fingerprint density at radius 1 is 1.18 bits per heavy atom. The predicted octanol–water partition coefficient (Wildman–Crippen LogP) is 5.48. The van der Waals surface area contributed by atoms with Gasteiger partial charge in [-0.2, -0.15) is 0 Å². The van der Waals surface area contributed by atoms with Gasteiger partial charge in [-0.15, -0.1) is 0 Å². The molecule has 2 heterocycles. The number of nitrogens with two attached hydrogens (primary N) is 1. The summed E-state index contributed by atoms with van der Waals surface area (Å²) in [6, 6.07) is 17.9. The smallest absolute Gasteiger partial charge is 0.335 e. The average molecular weight is 602 g/mol. The van der Waals surface area contributed by atoms with Gasteiger partial charge >= 0.3 is 5.97 Å². The second kappa shape index (κ2) is 13.1. The van der Waals surface area contributed by atoms with Crippen LogP contribution in [0, 0.1) is 12.7 Å². The molecule has 3 aromatic carbocycles. The molecule has 0 bridgehead atoms. The fourth-order valence-electron chi connectivity index (χ4n) is 5.93. The molecule has 44 heavy (non-hydrogen) atoms. The summed E-state index contributed by atoms with van der Waals surface area (Å²) in [5, 5.41) is 12.5. The minimum absolute atomic E-state index is 0.206. The van der Waals surface area contributed by atoms with Gasteiger partial charge < -0.3 is 30.2 Å². The lowest BCUT2D eigenvalue weighted by atomic mass is 9.88. The molecule has 1 atom stereocenters. The summed E-state index contributed by atoms with van der Waals surface area (Å²) in [5.74, 6) is -0.893. The fourth-order valence-corrected chi connectivity index (χ4v) is 5.93. The second-order valence-corrected chi connectivity index (χ2v) is 11.5. The molecular formula is C34H40FN5O4. The minimum atomic E-state index is -1.29. The fraction of sp³-hybridized carbons (Fsp3) is 0.353. The van der Waals surface area contributed by atoms with Gasteiger partial charge in [-0.05, 0) is 86.3 Å². The first kappa shape index (κ1) is 31.0. The Morgan fingerprint density at radius 2 is 1.93 bits per heavy atom. The van der Waals surface area contributed by atoms with E-state index in [1.54, 1.807) is 44.4 Å². The molecule has 1 saturated heterocycles. The number of rotatable bonds is 11. The summed E-state index contributed by atoms with van der Waals surface area (Å²) in [6.45, 7) is 6.24. The highest BCUT2D eigenvalue weighted by Gasteiger charge is 2.34. The summed E-state index contributed by atoms with van der Waals surface area (Å²) >= 11 is 0. The van der Waals surface area contributed by atoms with Crippen molar-refractivity contribution in [2.45, 2.75) is 51.5 Å². The van der Waals surface area contributed by atoms with Gasteiger partial charge in [-0.25, -0.2) is 14.2 Å². The largest absolute Gasteiger partial charge is 0.478 e. The molecule has 1 unspecified atom stereocenters. The van der Waals surface area contributed by atoms with E-state index in [2.05, 4.69) is 16.3 Å². The number of aromatic carboxylic acids is 1. The number of halogens is 1. The number of para-hydroxylation sites is 1. The van der Waals surface area contributed by atoms with Gasteiger partial charge in [-0.1, -0.05) is 24.3 Å². The van der Waals surface area contributed by atoms with E-state index >= 15 is 0 Å². The van der Waals surface area contributed by atoms with Crippen molar-refractivity contribution < 1.29 is 23.8 Å². The molecular weight excluding hydrogens is 561 g/mol. The third-order valence-corrected chi connectivity index (χ3v) is 8.36. The molecule has 1 fully saturated rings. The molecule has 0 spiro atoms. The highest BCUT2D eigenvalue weighted by molar-refractivity contribution is 5.92. The first-order chi connectivity index (χ1) is 21.1. The van der Waals surface area contributed by atoms with Gasteiger partial charge in [0.2, 0.25) is 5.79 Å². The number of benzene rings is 3. The number of carboxylic acids is 1. The summed E-state index contributed by atoms with van der Waals surface area (Å²) < 4.78 is 29.1. The Labute approximate surface area is 257 Å². The molecule has 0 amide bonds. The van der Waals surface area contributed by atoms with Gasteiger partial charge in [0.1, 0.15) is 17.4 Å². The van der Waals surface area contributed by atoms with E-state index in [9.17, 15) is 14.3 Å². The second-order valence-electron chi connectivity index (χ2n) is 11.5. The van der Waals surface area contributed by atoms with E-state index in [0.29, 0.717) is 30.1 Å². The lowest BCUT2D eigenvalue weighted by molar-refractivity contribution is -0.160. The van der Waals surface area contributed by atoms with Crippen LogP contribution in [-0.2, 0) is 23.6 Å². The van der Waals surface area contributed by atoms with Crippen LogP contribution in [0.25, 0.3) is 11.0 Å². The number of carbonyl (C=O) groups is 1. The standard InChI is InChI=1S/C34H40FN5O4/c1-22-9-11-27(28(35)17-22)34(2,43-4)44-31-8-6-5-7-26(31)23-13-15-39(16-14-23)21-32-38-29-12-10-24(33(41)42)18-30(29)40(32)20-25(36)19-37-3/h5-12,17-19,23,37H,13-16,20-21,36H2,1-4H3,(H,41,42)/b25-19-. The number of piperidine rings is 1. The van der Waals surface area contributed by atoms with Crippen LogP contribution in [0.4, 0.5) is 4.39 Å². The Kier molecular flexibility index (Phi) is 9.22. The van der Waals surface area contributed by atoms with Gasteiger partial charge in [-0.3, -0.25) is 4.90 Å². The Balaban J connectivity index is 1.34. The van der Waals surface area contributed by atoms with Crippen molar-refractivity contribution in [1.82, 2.24) is 19.8 Å². The number of likely N-dealkylation sites (tertiary alicyclic amines) is 1. The first-order valence-corrected chi connectivity index (χ1v) is 14.8. The van der Waals surface area contributed by atoms with Crippen molar-refractivity contribution in [3.05, 3.63) is 106 Å². The van der Waals surface area contributed by atoms with E-state index in [-0.39, 0.29) is 17.3 Å². The third-order valence-electron chi connectivity index (χ3n) is 8.36. The number of aromatic nitrogens is 2. The van der Waals surface area contributed by atoms with Gasteiger partial charge in [0.25, 0.3) is 0 Å². The number of allylic oxidation sites excluding steroid dienone is 1. The summed E-state index contributed by atoms with van der Waals surface area (Å²) in [5.41, 5.74) is 10.8. The number of ether oxygens (including phenoxy) is 2. The monoisotopic (exact) mass is 601 g/mol. The predicted molar refractivity (Wildman–Crippen MR) is 168 cm³/mol. The zero-order valence-corrected chi connectivity index (χ0v) is 25.6. The number of aryl methyl sites for hydroxylation is 1. The summed E-state index contributed by atoms with van der Waals surface area (Å²) in [4.78, 5) is 18.9. The van der Waals surface area contributed by atoms with Crippen molar-refractivity contribution in [2.24, 2.45) is 5.73 Å². The van der Waals surface area contributed by atoms with Crippen LogP contribution < -0.4 is 15.8 Å². The summed E-state index contributed by atoms with van der Waals surface area (Å²) in [7, 11) is 3.31. The molecule has 4 N–H and O–H groups in total. The van der Waals surface area contributed by atoms with Crippen molar-refractivity contribution in [3.63, 3.8) is 0 Å². The highest BCUT2D eigenvalue weighted by atomic mass is 19.1. The maximum Gasteiger partial charge on any atom is 0.335 e. The number of methoxy groups -OCH3 is 1. The van der Waals surface area contributed by atoms with E-state index in [1.165, 1.54) is 13.2 Å². The molecule has 0 saturated carbocycles. The van der Waals surface area contributed by atoms with Crippen LogP contribution in [0.5, 0.6) is 5.75 Å². The lowest BCUT2D eigenvalue weighted by Gasteiger charge is -2.35. The molecule has 1 aliphatic rings. The Morgan fingerprint density at radius 3 is 2.61 bits per heavy atom. The maximum absolute atomic E-state index is 15.0. The van der Waals surface area contributed by atoms with Crippen molar-refractivity contribution in [3.8, 4) is 5.75 Å². The van der Waals surface area contributed by atoms with E-state index in [1.807, 2.05) is 35.8 Å². The van der Waals surface area contributed by atoms with Gasteiger partial charge in [0.15, 0.2) is 0 Å². The normalized spacial score (nSPS) is 16.2. The zero-order valence-electron chi connectivity index (χ0n) is 25.6. The van der Waals surface area contributed by atoms with Crippen LogP contribution in [0.2, 0.25) is 0 Å². The molecule has 5 rings (SSSR count). The topological polar surface area (TPSA) is 115 Å². The maximum atomic E-state index is 15.0. The van der Waals surface area contributed by atoms with Crippen LogP contribution >= 0.6 is 0 Å². The van der Waals surface area contributed by atoms with Crippen LogP contribution in [0.1, 0.15) is 58.6 Å². The molecule has 1 aliphatic heterocycles. The van der Waals surface area contributed by atoms with Crippen LogP contribution in [0.3, 0.4) is 0 Å². The number of nitrogens with one attached hydrogen (secondary N) is 1. The SMILES string of the molecule is CN/C=C(\N)Cn1c(CN2CCC(c3ccccc3OC(C)(OC)c3ccc(C)cc3F)CC2)nc2ccc(C(=O)O)cc21. The van der Waals surface area contributed by atoms with Gasteiger partial charge in [0.05, 0.1) is 35.2 Å². The number of imidazole rings is 1. The quantitative estimate of drug-likeness (QED) is 0.194. The van der Waals surface area contributed by atoms with Crippen molar-refractivity contribution in [1.29, 1.82) is 0 Å². The number of hydrogen-bond donors (Lipinski definition) is 3. The van der Waals surface area contributed by atoms with Crippen LogP contribution in [-0.4, -0.2) is 52.8 Å². The molecule has 0 radical (unpaired) electrons. The molecule has 4 aromatic rings. The average Bonchev–Trinajstić information content (AvgIpc) is 3.33. The Bertz CT molecular complexity index is 1680. The molecule has 0 aliphatic carbocycles. The zero-order chi connectivity index (χ0) is 31.4. The summed E-state index contributed by atoms with van der Waals surface area (Å²) in [6.07, 6.45) is 3.52. The number of carboxylic acid groups (broad SMARTS) is 1. The Hall–Kier alpha value is -4.41. The van der Waals surface area contributed by atoms with Gasteiger partial charge in [0, 0.05) is 33.0 Å². The van der Waals surface area contributed by atoms with Crippen molar-refractivity contribution in [2.75, 3.05) is 27.2 Å².